The van der Waals surface area contributed by atoms with Crippen LogP contribution in [-0.2, 0) is 10.3 Å². The fourth-order valence-corrected chi connectivity index (χ4v) is 4.68. The maximum atomic E-state index is 12.2. The fraction of sp³-hybridized carbons (Fsp3) is 0.409. The van der Waals surface area contributed by atoms with Gasteiger partial charge in [-0.1, -0.05) is 25.0 Å². The van der Waals surface area contributed by atoms with Gasteiger partial charge < -0.3 is 15.5 Å². The minimum Gasteiger partial charge on any atom is -0.353 e. The molecule has 1 amide bonds. The predicted octanol–water partition coefficient (Wildman–Crippen LogP) is 4.27. The molecule has 6 heteroatoms. The largest absolute Gasteiger partial charge is 0.353 e. The normalized spacial score (nSPS) is 18.3. The van der Waals surface area contributed by atoms with E-state index in [9.17, 15) is 4.79 Å². The lowest BCUT2D eigenvalue weighted by atomic mass is 9.89. The standard InChI is InChI=1S/C22H26N4OS/c1-16-8-9-18(14-19(16)26-13-5-7-20(26)27)24-21(28)25-22(10-2-3-11-22)17-6-4-12-23-15-17/h4,6,8-9,12,14-15H,2-3,5,7,10-11,13H2,1H3,(H2,24,25,28). The Morgan fingerprint density at radius 3 is 2.71 bits per heavy atom. The SMILES string of the molecule is Cc1ccc(NC(=S)NC2(c3cccnc3)CCCC2)cc1N1CCCC1=O. The number of aryl methyl sites for hydroxylation is 1. The summed E-state index contributed by atoms with van der Waals surface area (Å²) in [6.07, 6.45) is 9.73. The molecule has 0 atom stereocenters. The van der Waals surface area contributed by atoms with Crippen molar-refractivity contribution in [1.82, 2.24) is 10.3 Å². The van der Waals surface area contributed by atoms with Gasteiger partial charge in [0.1, 0.15) is 0 Å². The highest BCUT2D eigenvalue weighted by molar-refractivity contribution is 7.80. The van der Waals surface area contributed by atoms with Crippen molar-refractivity contribution in [2.75, 3.05) is 16.8 Å². The van der Waals surface area contributed by atoms with Crippen molar-refractivity contribution >= 4 is 34.6 Å². The average molecular weight is 395 g/mol. The topological polar surface area (TPSA) is 57.3 Å². The van der Waals surface area contributed by atoms with Gasteiger partial charge in [0.05, 0.1) is 5.54 Å². The Bertz CT molecular complexity index is 877. The van der Waals surface area contributed by atoms with Crippen LogP contribution < -0.4 is 15.5 Å². The number of hydrogen-bond acceptors (Lipinski definition) is 3. The molecule has 5 nitrogen and oxygen atoms in total. The summed E-state index contributed by atoms with van der Waals surface area (Å²) in [6.45, 7) is 2.83. The van der Waals surface area contributed by atoms with E-state index < -0.39 is 0 Å². The van der Waals surface area contributed by atoms with Crippen LogP contribution in [0.5, 0.6) is 0 Å². The number of carbonyl (C=O) groups is 1. The molecule has 1 saturated carbocycles. The van der Waals surface area contributed by atoms with Crippen LogP contribution in [0.15, 0.2) is 42.7 Å². The highest BCUT2D eigenvalue weighted by Crippen LogP contribution is 2.38. The zero-order valence-corrected chi connectivity index (χ0v) is 17.0. The number of rotatable bonds is 4. The molecule has 1 aromatic heterocycles. The number of thiocarbonyl (C=S) groups is 1. The molecule has 4 rings (SSSR count). The zero-order valence-electron chi connectivity index (χ0n) is 16.2. The number of amides is 1. The molecular weight excluding hydrogens is 368 g/mol. The first-order valence-electron chi connectivity index (χ1n) is 9.98. The van der Waals surface area contributed by atoms with E-state index in [0.717, 1.165) is 42.7 Å². The van der Waals surface area contributed by atoms with Crippen LogP contribution in [0, 0.1) is 6.92 Å². The molecule has 2 fully saturated rings. The lowest BCUT2D eigenvalue weighted by Crippen LogP contribution is -2.45. The summed E-state index contributed by atoms with van der Waals surface area (Å²) in [6, 6.07) is 10.2. The number of benzene rings is 1. The Hall–Kier alpha value is -2.47. The third-order valence-corrected chi connectivity index (χ3v) is 6.06. The van der Waals surface area contributed by atoms with E-state index >= 15 is 0 Å². The Morgan fingerprint density at radius 2 is 2.04 bits per heavy atom. The van der Waals surface area contributed by atoms with Gasteiger partial charge in [-0.15, -0.1) is 0 Å². The first-order valence-corrected chi connectivity index (χ1v) is 10.4. The first-order chi connectivity index (χ1) is 13.6. The van der Waals surface area contributed by atoms with Gasteiger partial charge in [0, 0.05) is 36.7 Å². The molecular formula is C22H26N4OS. The van der Waals surface area contributed by atoms with Crippen molar-refractivity contribution in [2.45, 2.75) is 51.0 Å². The molecule has 1 aliphatic heterocycles. The highest BCUT2D eigenvalue weighted by atomic mass is 32.1. The van der Waals surface area contributed by atoms with Crippen molar-refractivity contribution in [3.63, 3.8) is 0 Å². The van der Waals surface area contributed by atoms with Crippen LogP contribution in [0.1, 0.15) is 49.7 Å². The van der Waals surface area contributed by atoms with E-state index in [-0.39, 0.29) is 11.4 Å². The number of hydrogen-bond donors (Lipinski definition) is 2. The summed E-state index contributed by atoms with van der Waals surface area (Å²) in [7, 11) is 0. The van der Waals surface area contributed by atoms with Gasteiger partial charge in [-0.05, 0) is 67.7 Å². The molecule has 2 aromatic rings. The second-order valence-electron chi connectivity index (χ2n) is 7.76. The maximum absolute atomic E-state index is 12.2. The quantitative estimate of drug-likeness (QED) is 0.759. The smallest absolute Gasteiger partial charge is 0.227 e. The van der Waals surface area contributed by atoms with Gasteiger partial charge in [0.25, 0.3) is 0 Å². The maximum Gasteiger partial charge on any atom is 0.227 e. The van der Waals surface area contributed by atoms with Crippen LogP contribution in [0.3, 0.4) is 0 Å². The van der Waals surface area contributed by atoms with E-state index in [1.807, 2.05) is 42.3 Å². The summed E-state index contributed by atoms with van der Waals surface area (Å²) in [5.41, 5.74) is 4.00. The first kappa shape index (κ1) is 18.9. The molecule has 1 aliphatic carbocycles. The third-order valence-electron chi connectivity index (χ3n) is 5.86. The van der Waals surface area contributed by atoms with Crippen molar-refractivity contribution in [1.29, 1.82) is 0 Å². The van der Waals surface area contributed by atoms with Crippen LogP contribution in [-0.4, -0.2) is 22.5 Å². The Morgan fingerprint density at radius 1 is 1.21 bits per heavy atom. The van der Waals surface area contributed by atoms with E-state index in [0.29, 0.717) is 11.5 Å². The van der Waals surface area contributed by atoms with Gasteiger partial charge in [-0.2, -0.15) is 0 Å². The average Bonchev–Trinajstić information content (AvgIpc) is 3.34. The van der Waals surface area contributed by atoms with Crippen molar-refractivity contribution < 1.29 is 4.79 Å². The van der Waals surface area contributed by atoms with Gasteiger partial charge in [-0.25, -0.2) is 0 Å². The van der Waals surface area contributed by atoms with E-state index in [1.165, 1.54) is 18.4 Å². The molecule has 28 heavy (non-hydrogen) atoms. The van der Waals surface area contributed by atoms with Crippen molar-refractivity contribution in [3.05, 3.63) is 53.9 Å². The molecule has 2 N–H and O–H groups in total. The molecule has 2 heterocycles. The summed E-state index contributed by atoms with van der Waals surface area (Å²) in [4.78, 5) is 18.3. The Balaban J connectivity index is 1.51. The second-order valence-corrected chi connectivity index (χ2v) is 8.17. The van der Waals surface area contributed by atoms with Crippen LogP contribution in [0.4, 0.5) is 11.4 Å². The molecule has 0 spiro atoms. The number of carbonyl (C=O) groups excluding carboxylic acids is 1. The van der Waals surface area contributed by atoms with Crippen LogP contribution in [0.25, 0.3) is 0 Å². The van der Waals surface area contributed by atoms with E-state index in [4.69, 9.17) is 12.2 Å². The summed E-state index contributed by atoms with van der Waals surface area (Å²) in [5.74, 6) is 0.197. The number of aromatic nitrogens is 1. The van der Waals surface area contributed by atoms with Crippen molar-refractivity contribution in [3.8, 4) is 0 Å². The third kappa shape index (κ3) is 3.74. The Kier molecular flexibility index (Phi) is 5.31. The number of pyridine rings is 1. The summed E-state index contributed by atoms with van der Waals surface area (Å²) in [5, 5.41) is 7.51. The molecule has 1 saturated heterocycles. The minimum atomic E-state index is -0.156. The Labute approximate surface area is 171 Å². The molecule has 0 bridgehead atoms. The summed E-state index contributed by atoms with van der Waals surface area (Å²) >= 11 is 5.66. The van der Waals surface area contributed by atoms with Crippen molar-refractivity contribution in [2.24, 2.45) is 0 Å². The minimum absolute atomic E-state index is 0.156. The van der Waals surface area contributed by atoms with E-state index in [2.05, 4.69) is 21.7 Å². The fourth-order valence-electron chi connectivity index (χ4n) is 4.37. The number of anilines is 2. The number of nitrogens with one attached hydrogen (secondary N) is 2. The molecule has 0 unspecified atom stereocenters. The van der Waals surface area contributed by atoms with E-state index in [1.54, 1.807) is 6.20 Å². The number of nitrogens with zero attached hydrogens (tertiary/aromatic N) is 2. The van der Waals surface area contributed by atoms with Crippen LogP contribution in [0.2, 0.25) is 0 Å². The lowest BCUT2D eigenvalue weighted by molar-refractivity contribution is -0.117. The predicted molar refractivity (Wildman–Crippen MR) is 117 cm³/mol. The second kappa shape index (κ2) is 7.87. The highest BCUT2D eigenvalue weighted by Gasteiger charge is 2.36. The lowest BCUT2D eigenvalue weighted by Gasteiger charge is -2.32. The van der Waals surface area contributed by atoms with Gasteiger partial charge in [0.2, 0.25) is 5.91 Å². The monoisotopic (exact) mass is 394 g/mol. The molecule has 146 valence electrons. The molecule has 1 aromatic carbocycles. The van der Waals surface area contributed by atoms with Gasteiger partial charge >= 0.3 is 0 Å². The molecule has 0 radical (unpaired) electrons. The zero-order chi connectivity index (χ0) is 19.6. The summed E-state index contributed by atoms with van der Waals surface area (Å²) < 4.78 is 0. The van der Waals surface area contributed by atoms with Crippen LogP contribution >= 0.6 is 12.2 Å². The van der Waals surface area contributed by atoms with Gasteiger partial charge in [0.15, 0.2) is 5.11 Å². The molecule has 2 aliphatic rings. The van der Waals surface area contributed by atoms with Gasteiger partial charge in [-0.3, -0.25) is 9.78 Å².